The highest BCUT2D eigenvalue weighted by molar-refractivity contribution is 5.77. The van der Waals surface area contributed by atoms with Gasteiger partial charge >= 0.3 is 0 Å². The number of nitrogens with one attached hydrogen (secondary N) is 3. The van der Waals surface area contributed by atoms with E-state index in [1.807, 2.05) is 12.1 Å². The summed E-state index contributed by atoms with van der Waals surface area (Å²) in [4.78, 5) is 15.4. The lowest BCUT2D eigenvalue weighted by Gasteiger charge is -2.29. The first-order valence-corrected chi connectivity index (χ1v) is 10.9. The van der Waals surface area contributed by atoms with Gasteiger partial charge < -0.3 is 15.1 Å². The van der Waals surface area contributed by atoms with Crippen molar-refractivity contribution < 1.29 is 14.6 Å². The van der Waals surface area contributed by atoms with Crippen molar-refractivity contribution in [2.75, 3.05) is 39.3 Å². The zero-order valence-corrected chi connectivity index (χ0v) is 17.6. The number of carbonyl (C=O) groups excluding carboxylic acids is 1. The molecule has 0 aliphatic carbocycles. The van der Waals surface area contributed by atoms with Gasteiger partial charge in [0.2, 0.25) is 0 Å². The Bertz CT molecular complexity index is 752. The third kappa shape index (κ3) is 7.84. The minimum atomic E-state index is 0.188. The fraction of sp³-hybridized carbons (Fsp3) is 0.400. The Hall–Kier alpha value is -2.43. The summed E-state index contributed by atoms with van der Waals surface area (Å²) in [5.41, 5.74) is 2.59. The van der Waals surface area contributed by atoms with E-state index in [0.29, 0.717) is 6.54 Å². The zero-order chi connectivity index (χ0) is 20.3. The molecule has 1 atom stereocenters. The first kappa shape index (κ1) is 21.3. The predicted molar refractivity (Wildman–Crippen MR) is 119 cm³/mol. The summed E-state index contributed by atoms with van der Waals surface area (Å²) < 4.78 is 0. The molecule has 3 N–H and O–H groups in total. The molecule has 1 fully saturated rings. The molecule has 0 aromatic heterocycles. The van der Waals surface area contributed by atoms with E-state index < -0.39 is 0 Å². The van der Waals surface area contributed by atoms with Crippen molar-refractivity contribution in [3.05, 3.63) is 77.9 Å². The van der Waals surface area contributed by atoms with E-state index >= 15 is 0 Å². The van der Waals surface area contributed by atoms with Gasteiger partial charge in [-0.25, -0.2) is 0 Å². The number of carbonyl (C=O) groups is 1. The highest BCUT2D eigenvalue weighted by atomic mass is 16.2. The molecule has 4 nitrogen and oxygen atoms in total. The van der Waals surface area contributed by atoms with Gasteiger partial charge in [0.05, 0.1) is 6.54 Å². The van der Waals surface area contributed by atoms with Crippen LogP contribution in [0.3, 0.4) is 0 Å². The monoisotopic (exact) mass is 393 g/mol. The number of hydrogen-bond donors (Lipinski definition) is 3. The average Bonchev–Trinajstić information content (AvgIpc) is 2.75. The Morgan fingerprint density at radius 2 is 1.59 bits per heavy atom. The molecule has 3 rings (SSSR count). The summed E-state index contributed by atoms with van der Waals surface area (Å²) in [6.07, 6.45) is 6.47. The lowest BCUT2D eigenvalue weighted by Crippen LogP contribution is -3.28. The second-order valence-corrected chi connectivity index (χ2v) is 8.19. The molecule has 2 aromatic carbocycles. The van der Waals surface area contributed by atoms with Crippen molar-refractivity contribution in [1.29, 1.82) is 0 Å². The molecule has 1 amide bonds. The summed E-state index contributed by atoms with van der Waals surface area (Å²) in [6.45, 7) is 8.17. The predicted octanol–water partition coefficient (Wildman–Crippen LogP) is 0.621. The van der Waals surface area contributed by atoms with E-state index in [4.69, 9.17) is 0 Å². The van der Waals surface area contributed by atoms with Gasteiger partial charge in [0, 0.05) is 6.04 Å². The summed E-state index contributed by atoms with van der Waals surface area (Å²) in [6, 6.07) is 21.2. The number of piperazine rings is 1. The molecule has 29 heavy (non-hydrogen) atoms. The minimum absolute atomic E-state index is 0.188. The standard InChI is InChI=1S/C25H33N3O/c1-22(14-15-24-11-6-3-7-12-24)26-25(29)21-28-19-17-27(18-20-28)16-8-13-23-9-4-2-5-10-23/h2-13,22H,14-21H2,1H3,(H,26,29)/p+2/b13-8+/t22-/m1/s1. The third-order valence-electron chi connectivity index (χ3n) is 5.71. The molecule has 1 saturated heterocycles. The Morgan fingerprint density at radius 1 is 0.966 bits per heavy atom. The number of quaternary nitrogens is 2. The lowest BCUT2D eigenvalue weighted by molar-refractivity contribution is -1.01. The molecule has 1 heterocycles. The van der Waals surface area contributed by atoms with Crippen LogP contribution in [-0.2, 0) is 11.2 Å². The molecule has 0 unspecified atom stereocenters. The van der Waals surface area contributed by atoms with E-state index in [0.717, 1.165) is 45.6 Å². The lowest BCUT2D eigenvalue weighted by atomic mass is 10.1. The maximum atomic E-state index is 12.4. The molecular weight excluding hydrogens is 358 g/mol. The number of rotatable bonds is 9. The summed E-state index contributed by atoms with van der Waals surface area (Å²) in [7, 11) is 0. The van der Waals surface area contributed by atoms with Gasteiger partial charge in [-0.1, -0.05) is 66.7 Å². The van der Waals surface area contributed by atoms with Crippen molar-refractivity contribution in [1.82, 2.24) is 5.32 Å². The Morgan fingerprint density at radius 3 is 2.28 bits per heavy atom. The summed E-state index contributed by atoms with van der Waals surface area (Å²) >= 11 is 0. The highest BCUT2D eigenvalue weighted by Gasteiger charge is 2.24. The fourth-order valence-corrected chi connectivity index (χ4v) is 3.92. The van der Waals surface area contributed by atoms with Crippen LogP contribution < -0.4 is 15.1 Å². The minimum Gasteiger partial charge on any atom is -0.349 e. The maximum absolute atomic E-state index is 12.4. The number of benzene rings is 2. The molecule has 4 heteroatoms. The second kappa shape index (κ2) is 11.5. The van der Waals surface area contributed by atoms with Gasteiger partial charge in [0.15, 0.2) is 6.54 Å². The molecule has 0 saturated carbocycles. The second-order valence-electron chi connectivity index (χ2n) is 8.19. The van der Waals surface area contributed by atoms with Crippen LogP contribution in [0.5, 0.6) is 0 Å². The zero-order valence-electron chi connectivity index (χ0n) is 17.6. The average molecular weight is 394 g/mol. The van der Waals surface area contributed by atoms with Gasteiger partial charge in [0.1, 0.15) is 26.2 Å². The van der Waals surface area contributed by atoms with Crippen molar-refractivity contribution in [3.8, 4) is 0 Å². The number of amides is 1. The van der Waals surface area contributed by atoms with Crippen molar-refractivity contribution in [2.45, 2.75) is 25.8 Å². The van der Waals surface area contributed by atoms with E-state index in [9.17, 15) is 4.79 Å². The van der Waals surface area contributed by atoms with Crippen LogP contribution in [-0.4, -0.2) is 51.2 Å². The smallest absolute Gasteiger partial charge is 0.275 e. The quantitative estimate of drug-likeness (QED) is 0.574. The first-order valence-electron chi connectivity index (χ1n) is 10.9. The van der Waals surface area contributed by atoms with Crippen LogP contribution in [0, 0.1) is 0 Å². The van der Waals surface area contributed by atoms with E-state index in [-0.39, 0.29) is 11.9 Å². The van der Waals surface area contributed by atoms with Crippen LogP contribution in [0.1, 0.15) is 24.5 Å². The topological polar surface area (TPSA) is 38.0 Å². The normalized spacial score (nSPS) is 20.4. The van der Waals surface area contributed by atoms with Gasteiger partial charge in [-0.05, 0) is 37.0 Å². The van der Waals surface area contributed by atoms with E-state index in [1.165, 1.54) is 16.0 Å². The maximum Gasteiger partial charge on any atom is 0.275 e. The van der Waals surface area contributed by atoms with Crippen LogP contribution >= 0.6 is 0 Å². The van der Waals surface area contributed by atoms with Crippen LogP contribution in [0.15, 0.2) is 66.7 Å². The molecular formula is C25H35N3O+2. The van der Waals surface area contributed by atoms with Crippen molar-refractivity contribution in [3.63, 3.8) is 0 Å². The Balaban J connectivity index is 1.30. The number of hydrogen-bond acceptors (Lipinski definition) is 1. The Labute approximate surface area is 175 Å². The van der Waals surface area contributed by atoms with Crippen LogP contribution in [0.2, 0.25) is 0 Å². The third-order valence-corrected chi connectivity index (χ3v) is 5.71. The van der Waals surface area contributed by atoms with Gasteiger partial charge in [-0.15, -0.1) is 0 Å². The van der Waals surface area contributed by atoms with Gasteiger partial charge in [-0.2, -0.15) is 0 Å². The van der Waals surface area contributed by atoms with E-state index in [1.54, 1.807) is 4.90 Å². The first-order chi connectivity index (χ1) is 14.2. The van der Waals surface area contributed by atoms with Gasteiger partial charge in [0.25, 0.3) is 5.91 Å². The van der Waals surface area contributed by atoms with Crippen LogP contribution in [0.4, 0.5) is 0 Å². The summed E-state index contributed by atoms with van der Waals surface area (Å²) in [5, 5.41) is 3.18. The fourth-order valence-electron chi connectivity index (χ4n) is 3.92. The Kier molecular flexibility index (Phi) is 8.47. The van der Waals surface area contributed by atoms with Gasteiger partial charge in [-0.3, -0.25) is 4.79 Å². The molecule has 154 valence electrons. The molecule has 0 spiro atoms. The molecule has 1 aliphatic rings. The largest absolute Gasteiger partial charge is 0.349 e. The van der Waals surface area contributed by atoms with Crippen molar-refractivity contribution >= 4 is 12.0 Å². The highest BCUT2D eigenvalue weighted by Crippen LogP contribution is 2.04. The molecule has 0 bridgehead atoms. The SMILES string of the molecule is C[C@H](CCc1ccccc1)NC(=O)C[NH+]1CC[NH+](C/C=C/c2ccccc2)CC1. The van der Waals surface area contributed by atoms with E-state index in [2.05, 4.69) is 72.9 Å². The number of aryl methyl sites for hydroxylation is 1. The van der Waals surface area contributed by atoms with Crippen molar-refractivity contribution in [2.24, 2.45) is 0 Å². The summed E-state index contributed by atoms with van der Waals surface area (Å²) in [5.74, 6) is 0.188. The molecule has 2 aromatic rings. The van der Waals surface area contributed by atoms with Crippen LogP contribution in [0.25, 0.3) is 6.08 Å². The molecule has 0 radical (unpaired) electrons. The molecule has 1 aliphatic heterocycles.